The van der Waals surface area contributed by atoms with Crippen LogP contribution in [0.3, 0.4) is 0 Å². The topological polar surface area (TPSA) is 25.8 Å². The summed E-state index contributed by atoms with van der Waals surface area (Å²) in [6, 6.07) is 0. The molecule has 2 nitrogen and oxygen atoms in total. The number of nitrogens with zero attached hydrogens (tertiary/aromatic N) is 2. The van der Waals surface area contributed by atoms with Gasteiger partial charge >= 0.3 is 0 Å². The van der Waals surface area contributed by atoms with E-state index in [2.05, 4.69) is 9.73 Å². The molecule has 38 valence electrons. The van der Waals surface area contributed by atoms with Crippen LogP contribution < -0.4 is 0 Å². The Morgan fingerprint density at radius 1 is 1.43 bits per heavy atom. The van der Waals surface area contributed by atoms with E-state index in [0.717, 1.165) is 11.3 Å². The Labute approximate surface area is 44.1 Å². The zero-order valence-corrected chi connectivity index (χ0v) is 5.39. The molecule has 0 bridgehead atoms. The highest BCUT2D eigenvalue weighted by molar-refractivity contribution is 7.26. The Morgan fingerprint density at radius 3 is 2.29 bits per heavy atom. The first kappa shape index (κ1) is 4.79. The Balaban J connectivity index is 3.04. The van der Waals surface area contributed by atoms with Crippen molar-refractivity contribution in [2.75, 3.05) is 0 Å². The van der Waals surface area contributed by atoms with Crippen LogP contribution in [0.1, 0.15) is 11.3 Å². The molecule has 0 radical (unpaired) electrons. The maximum atomic E-state index is 4.07. The van der Waals surface area contributed by atoms with E-state index in [-0.39, 0.29) is 0 Å². The smallest absolute Gasteiger partial charge is 0.129 e. The van der Waals surface area contributed by atoms with Crippen molar-refractivity contribution < 1.29 is 0 Å². The fourth-order valence-electron chi connectivity index (χ4n) is 0.455. The van der Waals surface area contributed by atoms with Crippen LogP contribution >= 0.6 is 8.35 Å². The normalized spacial score (nSPS) is 10.6. The van der Waals surface area contributed by atoms with Crippen molar-refractivity contribution in [3.05, 3.63) is 11.3 Å². The second kappa shape index (κ2) is 1.63. The molecule has 7 heavy (non-hydrogen) atoms. The van der Waals surface area contributed by atoms with Gasteiger partial charge in [-0.3, -0.25) is 0 Å². The van der Waals surface area contributed by atoms with E-state index in [9.17, 15) is 0 Å². The van der Waals surface area contributed by atoms with E-state index >= 15 is 0 Å². The van der Waals surface area contributed by atoms with Crippen LogP contribution in [0, 0.1) is 13.8 Å². The Morgan fingerprint density at radius 2 is 2.14 bits per heavy atom. The average molecular weight is 114 g/mol. The summed E-state index contributed by atoms with van der Waals surface area (Å²) in [6.07, 6.45) is 0. The molecule has 0 aliphatic heterocycles. The van der Waals surface area contributed by atoms with Crippen molar-refractivity contribution in [2.45, 2.75) is 13.8 Å². The molecule has 0 saturated heterocycles. The summed E-state index contributed by atoms with van der Waals surface area (Å²) in [6.45, 7) is 3.92. The minimum absolute atomic E-state index is 0.601. The molecule has 0 fully saturated rings. The molecule has 1 aromatic heterocycles. The van der Waals surface area contributed by atoms with Gasteiger partial charge in [-0.05, 0) is 22.2 Å². The summed E-state index contributed by atoms with van der Waals surface area (Å²) < 4.78 is 4.06. The fraction of sp³-hybridized carbons (Fsp3) is 0.500. The summed E-state index contributed by atoms with van der Waals surface area (Å²) in [5, 5.41) is 0. The van der Waals surface area contributed by atoms with Crippen LogP contribution in [0.25, 0.3) is 0 Å². The van der Waals surface area contributed by atoms with Crippen LogP contribution in [-0.4, -0.2) is 9.73 Å². The van der Waals surface area contributed by atoms with Gasteiger partial charge in [0.25, 0.3) is 0 Å². The molecule has 1 heterocycles. The summed E-state index contributed by atoms with van der Waals surface area (Å²) >= 11 is 0. The lowest BCUT2D eigenvalue weighted by Gasteiger charge is -1.69. The molecule has 0 aliphatic rings. The first-order valence-electron chi connectivity index (χ1n) is 2.14. The van der Waals surface area contributed by atoms with Gasteiger partial charge in [-0.25, -0.2) is 9.73 Å². The Kier molecular flexibility index (Phi) is 1.11. The Hall–Kier alpha value is -0.360. The SMILES string of the molecule is Cc1n[pH]c(C)n1. The molecule has 0 aromatic carbocycles. The maximum absolute atomic E-state index is 4.07. The first-order valence-corrected chi connectivity index (χ1v) is 3.09. The molecule has 1 unspecified atom stereocenters. The standard InChI is InChI=1S/C4H7N2P/c1-3-5-4(2)7-6-3/h7H,1-2H3. The van der Waals surface area contributed by atoms with Crippen molar-refractivity contribution in [3.8, 4) is 0 Å². The lowest BCUT2D eigenvalue weighted by atomic mass is 10.7. The predicted octanol–water partition coefficient (Wildman–Crippen LogP) is 1.12. The molecule has 0 aliphatic carbocycles. The highest BCUT2D eigenvalue weighted by atomic mass is 31.0. The summed E-state index contributed by atoms with van der Waals surface area (Å²) in [5.74, 6) is 0.927. The fourth-order valence-corrected chi connectivity index (χ4v) is 1.04. The van der Waals surface area contributed by atoms with Crippen molar-refractivity contribution in [1.29, 1.82) is 0 Å². The quantitative estimate of drug-likeness (QED) is 0.505. The minimum Gasteiger partial charge on any atom is -0.233 e. The van der Waals surface area contributed by atoms with Crippen molar-refractivity contribution in [2.24, 2.45) is 0 Å². The van der Waals surface area contributed by atoms with Crippen LogP contribution in [0.15, 0.2) is 0 Å². The maximum Gasteiger partial charge on any atom is 0.129 e. The van der Waals surface area contributed by atoms with Crippen molar-refractivity contribution >= 4 is 8.35 Å². The van der Waals surface area contributed by atoms with Crippen LogP contribution in [-0.2, 0) is 0 Å². The second-order valence-corrected chi connectivity index (χ2v) is 2.64. The highest BCUT2D eigenvalue weighted by Crippen LogP contribution is 2.05. The van der Waals surface area contributed by atoms with Gasteiger partial charge in [-0.1, -0.05) is 0 Å². The van der Waals surface area contributed by atoms with Gasteiger partial charge in [-0.2, -0.15) is 0 Å². The van der Waals surface area contributed by atoms with E-state index in [4.69, 9.17) is 0 Å². The monoisotopic (exact) mass is 114 g/mol. The summed E-state index contributed by atoms with van der Waals surface area (Å²) in [7, 11) is 0.601. The van der Waals surface area contributed by atoms with Crippen molar-refractivity contribution in [1.82, 2.24) is 9.73 Å². The van der Waals surface area contributed by atoms with Gasteiger partial charge in [0.15, 0.2) is 0 Å². The molecule has 0 amide bonds. The summed E-state index contributed by atoms with van der Waals surface area (Å²) in [4.78, 5) is 4.07. The van der Waals surface area contributed by atoms with E-state index in [1.54, 1.807) is 0 Å². The van der Waals surface area contributed by atoms with Gasteiger partial charge in [0.1, 0.15) is 5.82 Å². The van der Waals surface area contributed by atoms with Crippen LogP contribution in [0.2, 0.25) is 0 Å². The number of rotatable bonds is 0. The van der Waals surface area contributed by atoms with E-state index in [0.29, 0.717) is 8.35 Å². The third-order valence-corrected chi connectivity index (χ3v) is 1.58. The lowest BCUT2D eigenvalue weighted by Crippen LogP contribution is -1.70. The molecular weight excluding hydrogens is 107 g/mol. The molecule has 0 spiro atoms. The summed E-state index contributed by atoms with van der Waals surface area (Å²) in [5.41, 5.74) is 1.15. The van der Waals surface area contributed by atoms with Gasteiger partial charge < -0.3 is 0 Å². The molecule has 1 aromatic rings. The largest absolute Gasteiger partial charge is 0.233 e. The van der Waals surface area contributed by atoms with Crippen LogP contribution in [0.5, 0.6) is 0 Å². The molecular formula is C4H7N2P. The van der Waals surface area contributed by atoms with E-state index < -0.39 is 0 Å². The van der Waals surface area contributed by atoms with Gasteiger partial charge in [-0.15, -0.1) is 0 Å². The van der Waals surface area contributed by atoms with E-state index in [1.165, 1.54) is 0 Å². The zero-order chi connectivity index (χ0) is 5.28. The molecule has 1 rings (SSSR count). The van der Waals surface area contributed by atoms with Crippen LogP contribution in [0.4, 0.5) is 0 Å². The minimum atomic E-state index is 0.601. The third kappa shape index (κ3) is 1.00. The highest BCUT2D eigenvalue weighted by Gasteiger charge is 1.86. The predicted molar refractivity (Wildman–Crippen MR) is 31.0 cm³/mol. The zero-order valence-electron chi connectivity index (χ0n) is 4.39. The second-order valence-electron chi connectivity index (χ2n) is 1.47. The third-order valence-electron chi connectivity index (χ3n) is 0.709. The van der Waals surface area contributed by atoms with Crippen molar-refractivity contribution in [3.63, 3.8) is 0 Å². The number of hydrogen-bond donors (Lipinski definition) is 0. The van der Waals surface area contributed by atoms with Gasteiger partial charge in [0.05, 0.1) is 5.43 Å². The van der Waals surface area contributed by atoms with Gasteiger partial charge in [0.2, 0.25) is 0 Å². The first-order chi connectivity index (χ1) is 3.29. The molecule has 0 N–H and O–H groups in total. The van der Waals surface area contributed by atoms with E-state index in [1.807, 2.05) is 13.8 Å². The molecule has 3 heteroatoms. The molecule has 0 saturated carbocycles. The average Bonchev–Trinajstić information content (AvgIpc) is 1.87. The number of hydrogen-bond acceptors (Lipinski definition) is 2. The number of aromatic nitrogens is 2. The molecule has 1 atom stereocenters. The Bertz CT molecular complexity index is 142. The lowest BCUT2D eigenvalue weighted by molar-refractivity contribution is 1.13. The number of aryl methyl sites for hydroxylation is 2. The van der Waals surface area contributed by atoms with Gasteiger partial charge in [0, 0.05) is 0 Å².